The van der Waals surface area contributed by atoms with Gasteiger partial charge in [-0.1, -0.05) is 25.1 Å². The van der Waals surface area contributed by atoms with Crippen molar-refractivity contribution >= 4 is 5.69 Å². The third-order valence-corrected chi connectivity index (χ3v) is 3.65. The van der Waals surface area contributed by atoms with Crippen LogP contribution in [0.5, 0.6) is 0 Å². The van der Waals surface area contributed by atoms with Gasteiger partial charge in [-0.05, 0) is 25.1 Å². The molecule has 3 heteroatoms. The highest BCUT2D eigenvalue weighted by molar-refractivity contribution is 5.45. The zero-order chi connectivity index (χ0) is 12.8. The topological polar surface area (TPSA) is 24.5 Å². The Balaban J connectivity index is 1.94. The molecule has 0 saturated carbocycles. The molecule has 0 amide bonds. The number of hydrogen-bond acceptors (Lipinski definition) is 3. The Bertz CT molecular complexity index is 340. The molecule has 0 aliphatic carbocycles. The van der Waals surface area contributed by atoms with E-state index in [1.54, 1.807) is 0 Å². The molecule has 3 nitrogen and oxygen atoms in total. The predicted octanol–water partition coefficient (Wildman–Crippen LogP) is 2.14. The highest BCUT2D eigenvalue weighted by atomic mass is 16.5. The lowest BCUT2D eigenvalue weighted by molar-refractivity contribution is 0.0355. The van der Waals surface area contributed by atoms with Gasteiger partial charge in [0.05, 0.1) is 6.61 Å². The zero-order valence-electron chi connectivity index (χ0n) is 11.4. The maximum absolute atomic E-state index is 5.63. The predicted molar refractivity (Wildman–Crippen MR) is 76.1 cm³/mol. The molecule has 0 bridgehead atoms. The lowest BCUT2D eigenvalue weighted by atomic mass is 9.95. The Kier molecular flexibility index (Phi) is 5.02. The van der Waals surface area contributed by atoms with Gasteiger partial charge in [0.1, 0.15) is 0 Å². The number of nitrogens with one attached hydrogen (secondary N) is 1. The lowest BCUT2D eigenvalue weighted by Crippen LogP contribution is -2.47. The van der Waals surface area contributed by atoms with Crippen LogP contribution in [0.15, 0.2) is 30.3 Å². The van der Waals surface area contributed by atoms with Crippen LogP contribution in [0.4, 0.5) is 5.69 Å². The summed E-state index contributed by atoms with van der Waals surface area (Å²) in [5.74, 6) is 0.573. The fourth-order valence-electron chi connectivity index (χ4n) is 2.65. The van der Waals surface area contributed by atoms with Crippen molar-refractivity contribution in [3.05, 3.63) is 30.3 Å². The van der Waals surface area contributed by atoms with Crippen LogP contribution in [0.1, 0.15) is 13.3 Å². The van der Waals surface area contributed by atoms with Crippen LogP contribution in [0.25, 0.3) is 0 Å². The molecule has 1 aliphatic heterocycles. The fourth-order valence-corrected chi connectivity index (χ4v) is 2.65. The number of nitrogens with zero attached hydrogens (tertiary/aromatic N) is 1. The molecule has 0 aromatic heterocycles. The molecular formula is C15H24N2O. The van der Waals surface area contributed by atoms with Crippen molar-refractivity contribution in [2.75, 3.05) is 38.3 Å². The second-order valence-electron chi connectivity index (χ2n) is 5.00. The van der Waals surface area contributed by atoms with Gasteiger partial charge in [0, 0.05) is 37.8 Å². The maximum Gasteiger partial charge on any atom is 0.0526 e. The first-order valence-corrected chi connectivity index (χ1v) is 6.88. The van der Waals surface area contributed by atoms with E-state index in [9.17, 15) is 0 Å². The van der Waals surface area contributed by atoms with E-state index in [0.717, 1.165) is 32.7 Å². The summed E-state index contributed by atoms with van der Waals surface area (Å²) in [5.41, 5.74) is 1.28. The van der Waals surface area contributed by atoms with Gasteiger partial charge in [-0.3, -0.25) is 0 Å². The summed E-state index contributed by atoms with van der Waals surface area (Å²) in [6.07, 6.45) is 1.13. The van der Waals surface area contributed by atoms with Crippen molar-refractivity contribution in [3.63, 3.8) is 0 Å². The number of rotatable bonds is 5. The van der Waals surface area contributed by atoms with Crippen molar-refractivity contribution in [1.29, 1.82) is 0 Å². The summed E-state index contributed by atoms with van der Waals surface area (Å²) >= 11 is 0. The van der Waals surface area contributed by atoms with E-state index in [1.807, 2.05) is 0 Å². The van der Waals surface area contributed by atoms with Gasteiger partial charge in [-0.25, -0.2) is 0 Å². The quantitative estimate of drug-likeness (QED) is 0.864. The first-order valence-electron chi connectivity index (χ1n) is 6.88. The molecule has 1 aromatic carbocycles. The molecule has 1 saturated heterocycles. The summed E-state index contributed by atoms with van der Waals surface area (Å²) < 4.78 is 5.63. The summed E-state index contributed by atoms with van der Waals surface area (Å²) in [4.78, 5) is 2.32. The van der Waals surface area contributed by atoms with Gasteiger partial charge in [0.2, 0.25) is 0 Å². The van der Waals surface area contributed by atoms with Crippen LogP contribution in [0.2, 0.25) is 0 Å². The number of ether oxygens (including phenoxy) is 1. The Hall–Kier alpha value is -1.06. The Morgan fingerprint density at radius 3 is 2.83 bits per heavy atom. The number of para-hydroxylation sites is 1. The van der Waals surface area contributed by atoms with Crippen LogP contribution in [0, 0.1) is 5.92 Å². The SMILES string of the molecule is CCNC1CCOCC1CN(C)c1ccccc1. The van der Waals surface area contributed by atoms with Gasteiger partial charge in [-0.15, -0.1) is 0 Å². The van der Waals surface area contributed by atoms with Gasteiger partial charge >= 0.3 is 0 Å². The van der Waals surface area contributed by atoms with E-state index in [2.05, 4.69) is 54.5 Å². The van der Waals surface area contributed by atoms with Crippen molar-refractivity contribution in [2.24, 2.45) is 5.92 Å². The van der Waals surface area contributed by atoms with Crippen LogP contribution in [-0.2, 0) is 4.74 Å². The van der Waals surface area contributed by atoms with E-state index in [4.69, 9.17) is 4.74 Å². The normalized spacial score (nSPS) is 23.9. The molecule has 1 N–H and O–H groups in total. The molecule has 0 spiro atoms. The van der Waals surface area contributed by atoms with Crippen LogP contribution < -0.4 is 10.2 Å². The van der Waals surface area contributed by atoms with E-state index >= 15 is 0 Å². The smallest absolute Gasteiger partial charge is 0.0526 e. The minimum Gasteiger partial charge on any atom is -0.381 e. The van der Waals surface area contributed by atoms with Crippen molar-refractivity contribution in [3.8, 4) is 0 Å². The van der Waals surface area contributed by atoms with Crippen molar-refractivity contribution in [1.82, 2.24) is 5.32 Å². The average molecular weight is 248 g/mol. The minimum atomic E-state index is 0.573. The highest BCUT2D eigenvalue weighted by Gasteiger charge is 2.26. The van der Waals surface area contributed by atoms with Crippen molar-refractivity contribution in [2.45, 2.75) is 19.4 Å². The molecule has 1 aliphatic rings. The van der Waals surface area contributed by atoms with E-state index in [-0.39, 0.29) is 0 Å². The molecule has 2 atom stereocenters. The fraction of sp³-hybridized carbons (Fsp3) is 0.600. The van der Waals surface area contributed by atoms with Gasteiger partial charge in [0.25, 0.3) is 0 Å². The minimum absolute atomic E-state index is 0.573. The number of benzene rings is 1. The van der Waals surface area contributed by atoms with E-state index in [0.29, 0.717) is 12.0 Å². The highest BCUT2D eigenvalue weighted by Crippen LogP contribution is 2.19. The van der Waals surface area contributed by atoms with Gasteiger partial charge < -0.3 is 15.0 Å². The first kappa shape index (κ1) is 13.4. The Morgan fingerprint density at radius 1 is 1.33 bits per heavy atom. The number of hydrogen-bond donors (Lipinski definition) is 1. The molecule has 100 valence electrons. The zero-order valence-corrected chi connectivity index (χ0v) is 11.4. The Labute approximate surface area is 110 Å². The van der Waals surface area contributed by atoms with Crippen molar-refractivity contribution < 1.29 is 4.74 Å². The maximum atomic E-state index is 5.63. The number of anilines is 1. The monoisotopic (exact) mass is 248 g/mol. The third-order valence-electron chi connectivity index (χ3n) is 3.65. The van der Waals surface area contributed by atoms with E-state index in [1.165, 1.54) is 5.69 Å². The average Bonchev–Trinajstić information content (AvgIpc) is 2.42. The Morgan fingerprint density at radius 2 is 2.11 bits per heavy atom. The van der Waals surface area contributed by atoms with Crippen LogP contribution in [0.3, 0.4) is 0 Å². The summed E-state index contributed by atoms with van der Waals surface area (Å²) in [6.45, 7) is 6.02. The van der Waals surface area contributed by atoms with E-state index < -0.39 is 0 Å². The largest absolute Gasteiger partial charge is 0.381 e. The standard InChI is InChI=1S/C15H24N2O/c1-3-16-15-9-10-18-12-13(15)11-17(2)14-7-5-4-6-8-14/h4-8,13,15-16H,3,9-12H2,1-2H3. The third kappa shape index (κ3) is 3.47. The summed E-state index contributed by atoms with van der Waals surface area (Å²) in [7, 11) is 2.16. The molecule has 1 heterocycles. The van der Waals surface area contributed by atoms with Crippen LogP contribution in [-0.4, -0.2) is 39.4 Å². The summed E-state index contributed by atoms with van der Waals surface area (Å²) in [6, 6.07) is 11.1. The van der Waals surface area contributed by atoms with Gasteiger partial charge in [-0.2, -0.15) is 0 Å². The summed E-state index contributed by atoms with van der Waals surface area (Å²) in [5, 5.41) is 3.58. The molecule has 0 radical (unpaired) electrons. The molecule has 1 fully saturated rings. The molecule has 2 unspecified atom stereocenters. The molecule has 1 aromatic rings. The second-order valence-corrected chi connectivity index (χ2v) is 5.00. The first-order chi connectivity index (χ1) is 8.81. The molecular weight excluding hydrogens is 224 g/mol. The molecule has 18 heavy (non-hydrogen) atoms. The van der Waals surface area contributed by atoms with Crippen LogP contribution >= 0.6 is 0 Å². The molecule has 2 rings (SSSR count). The second kappa shape index (κ2) is 6.76. The van der Waals surface area contributed by atoms with Gasteiger partial charge in [0.15, 0.2) is 0 Å². The lowest BCUT2D eigenvalue weighted by Gasteiger charge is -2.35.